The van der Waals surface area contributed by atoms with E-state index in [1.165, 1.54) is 17.1 Å². The Morgan fingerprint density at radius 1 is 1.65 bits per heavy atom. The Balaban J connectivity index is 2.67. The number of carbonyl (C=O) groups excluding carboxylic acids is 1. The Morgan fingerprint density at radius 2 is 2.29 bits per heavy atom. The Bertz CT molecular complexity index is 425. The van der Waals surface area contributed by atoms with E-state index in [9.17, 15) is 9.59 Å². The van der Waals surface area contributed by atoms with Gasteiger partial charge in [-0.2, -0.15) is 5.10 Å². The maximum atomic E-state index is 11.7. The van der Waals surface area contributed by atoms with Crippen LogP contribution in [0.4, 0.5) is 5.69 Å². The van der Waals surface area contributed by atoms with Crippen LogP contribution in [0.25, 0.3) is 0 Å². The molecule has 1 rings (SSSR count). The number of nitrogens with zero attached hydrogens (tertiary/aromatic N) is 2. The van der Waals surface area contributed by atoms with Gasteiger partial charge >= 0.3 is 5.97 Å². The molecule has 1 unspecified atom stereocenters. The minimum absolute atomic E-state index is 0.246. The third kappa shape index (κ3) is 3.56. The largest absolute Gasteiger partial charge is 0.480 e. The first-order chi connectivity index (χ1) is 7.85. The van der Waals surface area contributed by atoms with Crippen LogP contribution < -0.4 is 11.1 Å². The minimum Gasteiger partial charge on any atom is -0.480 e. The molecule has 4 N–H and O–H groups in total. The van der Waals surface area contributed by atoms with E-state index in [2.05, 4.69) is 10.4 Å². The molecule has 1 atom stereocenters. The lowest BCUT2D eigenvalue weighted by Gasteiger charge is -2.20. The van der Waals surface area contributed by atoms with Gasteiger partial charge in [-0.05, 0) is 13.3 Å². The van der Waals surface area contributed by atoms with Crippen LogP contribution >= 0.6 is 0 Å². The van der Waals surface area contributed by atoms with Crippen LogP contribution in [0.2, 0.25) is 0 Å². The summed E-state index contributed by atoms with van der Waals surface area (Å²) < 4.78 is 1.22. The van der Waals surface area contributed by atoms with Crippen LogP contribution in [-0.4, -0.2) is 32.3 Å². The van der Waals surface area contributed by atoms with Crippen molar-refractivity contribution >= 4 is 17.6 Å². The summed E-state index contributed by atoms with van der Waals surface area (Å²) in [5.41, 5.74) is 5.24. The molecule has 0 saturated heterocycles. The standard InChI is InChI=1S/C10H16N4O3/c1-3-10(2,11)9(17)13-7-4-12-14(5-7)6-8(15)16/h4-5H,3,6,11H2,1-2H3,(H,13,17)(H,15,16). The van der Waals surface area contributed by atoms with E-state index in [4.69, 9.17) is 10.8 Å². The predicted octanol–water partition coefficient (Wildman–Crippen LogP) is 0.0336. The Hall–Kier alpha value is -1.89. The number of carboxylic acid groups (broad SMARTS) is 1. The molecule has 1 amide bonds. The molecular weight excluding hydrogens is 224 g/mol. The average Bonchev–Trinajstić information content (AvgIpc) is 2.64. The molecule has 1 aromatic heterocycles. The van der Waals surface area contributed by atoms with Crippen LogP contribution in [0, 0.1) is 0 Å². The smallest absolute Gasteiger partial charge is 0.325 e. The van der Waals surface area contributed by atoms with E-state index < -0.39 is 11.5 Å². The summed E-state index contributed by atoms with van der Waals surface area (Å²) >= 11 is 0. The lowest BCUT2D eigenvalue weighted by molar-refractivity contribution is -0.137. The minimum atomic E-state index is -0.997. The summed E-state index contributed by atoms with van der Waals surface area (Å²) in [5, 5.41) is 14.9. The summed E-state index contributed by atoms with van der Waals surface area (Å²) in [7, 11) is 0. The van der Waals surface area contributed by atoms with Gasteiger partial charge in [-0.25, -0.2) is 0 Å². The number of rotatable bonds is 5. The van der Waals surface area contributed by atoms with Crippen molar-refractivity contribution in [3.63, 3.8) is 0 Å². The third-order valence-electron chi connectivity index (χ3n) is 2.44. The summed E-state index contributed by atoms with van der Waals surface area (Å²) in [5.74, 6) is -1.32. The molecule has 0 saturated carbocycles. The fraction of sp³-hybridized carbons (Fsp3) is 0.500. The Morgan fingerprint density at radius 3 is 2.82 bits per heavy atom. The number of nitrogens with two attached hydrogens (primary N) is 1. The first-order valence-corrected chi connectivity index (χ1v) is 5.19. The van der Waals surface area contributed by atoms with Crippen LogP contribution in [-0.2, 0) is 16.1 Å². The average molecular weight is 240 g/mol. The highest BCUT2D eigenvalue weighted by Crippen LogP contribution is 2.11. The van der Waals surface area contributed by atoms with Crippen molar-refractivity contribution in [3.8, 4) is 0 Å². The summed E-state index contributed by atoms with van der Waals surface area (Å²) in [4.78, 5) is 22.1. The van der Waals surface area contributed by atoms with E-state index in [1.807, 2.05) is 6.92 Å². The monoisotopic (exact) mass is 240 g/mol. The quantitative estimate of drug-likeness (QED) is 0.672. The zero-order valence-corrected chi connectivity index (χ0v) is 9.80. The number of amides is 1. The molecule has 1 heterocycles. The second kappa shape index (κ2) is 4.96. The molecule has 0 aliphatic rings. The van der Waals surface area contributed by atoms with Crippen molar-refractivity contribution in [3.05, 3.63) is 12.4 Å². The van der Waals surface area contributed by atoms with E-state index in [1.54, 1.807) is 6.92 Å². The van der Waals surface area contributed by atoms with Crippen LogP contribution in [0.3, 0.4) is 0 Å². The van der Waals surface area contributed by atoms with Gasteiger partial charge in [0.15, 0.2) is 0 Å². The molecule has 0 radical (unpaired) electrons. The topological polar surface area (TPSA) is 110 Å². The lowest BCUT2D eigenvalue weighted by atomic mass is 10.00. The zero-order valence-electron chi connectivity index (χ0n) is 9.80. The van der Waals surface area contributed by atoms with Gasteiger partial charge in [0.2, 0.25) is 5.91 Å². The van der Waals surface area contributed by atoms with E-state index in [0.29, 0.717) is 12.1 Å². The van der Waals surface area contributed by atoms with Gasteiger partial charge in [-0.15, -0.1) is 0 Å². The second-order valence-corrected chi connectivity index (χ2v) is 4.05. The Labute approximate surface area is 98.6 Å². The number of nitrogens with one attached hydrogen (secondary N) is 1. The van der Waals surface area contributed by atoms with Crippen LogP contribution in [0.15, 0.2) is 12.4 Å². The highest BCUT2D eigenvalue weighted by atomic mass is 16.4. The molecule has 0 aromatic carbocycles. The van der Waals surface area contributed by atoms with Crippen LogP contribution in [0.5, 0.6) is 0 Å². The van der Waals surface area contributed by atoms with Crippen molar-refractivity contribution < 1.29 is 14.7 Å². The number of anilines is 1. The normalized spacial score (nSPS) is 14.1. The third-order valence-corrected chi connectivity index (χ3v) is 2.44. The van der Waals surface area contributed by atoms with Crippen molar-refractivity contribution in [1.29, 1.82) is 0 Å². The highest BCUT2D eigenvalue weighted by Gasteiger charge is 2.26. The molecule has 94 valence electrons. The van der Waals surface area contributed by atoms with Crippen LogP contribution in [0.1, 0.15) is 20.3 Å². The molecule has 0 aliphatic heterocycles. The number of aromatic nitrogens is 2. The highest BCUT2D eigenvalue weighted by molar-refractivity contribution is 5.97. The Kier molecular flexibility index (Phi) is 3.84. The summed E-state index contributed by atoms with van der Waals surface area (Å²) in [6.45, 7) is 3.20. The van der Waals surface area contributed by atoms with Crippen molar-refractivity contribution in [2.75, 3.05) is 5.32 Å². The lowest BCUT2D eigenvalue weighted by Crippen LogP contribution is -2.47. The molecule has 0 bridgehead atoms. The van der Waals surface area contributed by atoms with E-state index >= 15 is 0 Å². The van der Waals surface area contributed by atoms with Gasteiger partial charge in [0, 0.05) is 6.20 Å². The molecular formula is C10H16N4O3. The van der Waals surface area contributed by atoms with E-state index in [0.717, 1.165) is 0 Å². The van der Waals surface area contributed by atoms with Crippen molar-refractivity contribution in [1.82, 2.24) is 9.78 Å². The van der Waals surface area contributed by atoms with Crippen molar-refractivity contribution in [2.45, 2.75) is 32.4 Å². The first kappa shape index (κ1) is 13.2. The SMILES string of the molecule is CCC(C)(N)C(=O)Nc1cnn(CC(=O)O)c1. The second-order valence-electron chi connectivity index (χ2n) is 4.05. The number of carboxylic acids is 1. The maximum Gasteiger partial charge on any atom is 0.325 e. The predicted molar refractivity (Wildman–Crippen MR) is 61.4 cm³/mol. The molecule has 7 heteroatoms. The molecule has 7 nitrogen and oxygen atoms in total. The van der Waals surface area contributed by atoms with Gasteiger partial charge in [-0.3, -0.25) is 14.3 Å². The maximum absolute atomic E-state index is 11.7. The summed E-state index contributed by atoms with van der Waals surface area (Å²) in [6, 6.07) is 0. The molecule has 0 spiro atoms. The first-order valence-electron chi connectivity index (χ1n) is 5.19. The van der Waals surface area contributed by atoms with Gasteiger partial charge in [0.25, 0.3) is 0 Å². The molecule has 0 fully saturated rings. The number of hydrogen-bond acceptors (Lipinski definition) is 4. The number of hydrogen-bond donors (Lipinski definition) is 3. The molecule has 0 aliphatic carbocycles. The van der Waals surface area contributed by atoms with Gasteiger partial charge in [-0.1, -0.05) is 6.92 Å². The number of aliphatic carboxylic acids is 1. The fourth-order valence-electron chi connectivity index (χ4n) is 1.09. The van der Waals surface area contributed by atoms with Gasteiger partial charge in [0.1, 0.15) is 6.54 Å². The molecule has 1 aromatic rings. The summed E-state index contributed by atoms with van der Waals surface area (Å²) in [6.07, 6.45) is 3.33. The van der Waals surface area contributed by atoms with Gasteiger partial charge < -0.3 is 16.2 Å². The fourth-order valence-corrected chi connectivity index (χ4v) is 1.09. The zero-order chi connectivity index (χ0) is 13.1. The van der Waals surface area contributed by atoms with Gasteiger partial charge in [0.05, 0.1) is 17.4 Å². The van der Waals surface area contributed by atoms with E-state index in [-0.39, 0.29) is 12.5 Å². The van der Waals surface area contributed by atoms with Crippen molar-refractivity contribution in [2.24, 2.45) is 5.73 Å². The molecule has 17 heavy (non-hydrogen) atoms. The number of carbonyl (C=O) groups is 2.